The Hall–Kier alpha value is -2.04. The van der Waals surface area contributed by atoms with Gasteiger partial charge in [-0.05, 0) is 31.0 Å². The average molecular weight is 277 g/mol. The largest absolute Gasteiger partial charge is 0.373 e. The Morgan fingerprint density at radius 1 is 1.10 bits per heavy atom. The van der Waals surface area contributed by atoms with Crippen LogP contribution in [0.25, 0.3) is 11.4 Å². The molecule has 106 valence electrons. The van der Waals surface area contributed by atoms with Crippen LogP contribution in [0.15, 0.2) is 18.2 Å². The Labute approximate surface area is 117 Å². The van der Waals surface area contributed by atoms with Crippen molar-refractivity contribution in [2.75, 3.05) is 12.4 Å². The van der Waals surface area contributed by atoms with Crippen LogP contribution in [0.2, 0.25) is 0 Å². The monoisotopic (exact) mass is 277 g/mol. The van der Waals surface area contributed by atoms with Gasteiger partial charge in [-0.2, -0.15) is 0 Å². The van der Waals surface area contributed by atoms with Gasteiger partial charge in [0.05, 0.1) is 0 Å². The summed E-state index contributed by atoms with van der Waals surface area (Å²) in [5.74, 6) is -0.403. The fourth-order valence-electron chi connectivity index (χ4n) is 2.23. The van der Waals surface area contributed by atoms with E-state index in [-0.39, 0.29) is 5.92 Å². The molecule has 20 heavy (non-hydrogen) atoms. The molecule has 0 amide bonds. The molecule has 0 fully saturated rings. The Balaban J connectivity index is 2.58. The van der Waals surface area contributed by atoms with Gasteiger partial charge in [0.1, 0.15) is 5.82 Å². The molecule has 1 heterocycles. The lowest BCUT2D eigenvalue weighted by Crippen LogP contribution is -2.07. The van der Waals surface area contributed by atoms with Crippen molar-refractivity contribution >= 4 is 5.82 Å². The first-order valence-electron chi connectivity index (χ1n) is 6.45. The number of aryl methyl sites for hydroxylation is 1. The van der Waals surface area contributed by atoms with Crippen molar-refractivity contribution in [2.45, 2.75) is 26.7 Å². The summed E-state index contributed by atoms with van der Waals surface area (Å²) >= 11 is 0. The summed E-state index contributed by atoms with van der Waals surface area (Å²) in [4.78, 5) is 8.81. The number of nitrogens with zero attached hydrogens (tertiary/aromatic N) is 2. The minimum absolute atomic E-state index is 0.274. The second kappa shape index (κ2) is 5.53. The van der Waals surface area contributed by atoms with Crippen LogP contribution >= 0.6 is 0 Å². The van der Waals surface area contributed by atoms with E-state index in [0.29, 0.717) is 17.2 Å². The molecule has 0 aliphatic heterocycles. The summed E-state index contributed by atoms with van der Waals surface area (Å²) < 4.78 is 26.3. The van der Waals surface area contributed by atoms with Gasteiger partial charge < -0.3 is 5.32 Å². The van der Waals surface area contributed by atoms with Gasteiger partial charge in [0, 0.05) is 23.9 Å². The maximum Gasteiger partial charge on any atom is 0.161 e. The number of anilines is 1. The topological polar surface area (TPSA) is 37.8 Å². The Morgan fingerprint density at radius 3 is 2.35 bits per heavy atom. The molecule has 2 rings (SSSR count). The molecule has 1 aromatic carbocycles. The third-order valence-corrected chi connectivity index (χ3v) is 3.13. The molecule has 0 unspecified atom stereocenters. The molecule has 0 aliphatic carbocycles. The van der Waals surface area contributed by atoms with Crippen molar-refractivity contribution in [2.24, 2.45) is 0 Å². The van der Waals surface area contributed by atoms with Gasteiger partial charge in [-0.25, -0.2) is 18.7 Å². The molecule has 0 radical (unpaired) electrons. The molecule has 0 saturated heterocycles. The lowest BCUT2D eigenvalue weighted by Gasteiger charge is -2.15. The highest BCUT2D eigenvalue weighted by Gasteiger charge is 2.15. The molecule has 2 aromatic rings. The lowest BCUT2D eigenvalue weighted by molar-refractivity contribution is 0.509. The zero-order valence-electron chi connectivity index (χ0n) is 12.0. The first-order valence-corrected chi connectivity index (χ1v) is 6.45. The Bertz CT molecular complexity index is 639. The molecule has 5 heteroatoms. The molecular formula is C15H17F2N3. The Morgan fingerprint density at radius 2 is 1.80 bits per heavy atom. The lowest BCUT2D eigenvalue weighted by atomic mass is 10.0. The van der Waals surface area contributed by atoms with E-state index in [0.717, 1.165) is 23.4 Å². The first kappa shape index (κ1) is 14.4. The van der Waals surface area contributed by atoms with Crippen LogP contribution in [0.5, 0.6) is 0 Å². The molecule has 3 nitrogen and oxygen atoms in total. The van der Waals surface area contributed by atoms with Gasteiger partial charge in [0.25, 0.3) is 0 Å². The van der Waals surface area contributed by atoms with Gasteiger partial charge in [-0.3, -0.25) is 0 Å². The number of hydrogen-bond acceptors (Lipinski definition) is 3. The zero-order chi connectivity index (χ0) is 14.9. The van der Waals surface area contributed by atoms with Crippen LogP contribution in [0, 0.1) is 18.6 Å². The molecule has 0 spiro atoms. The maximum absolute atomic E-state index is 13.3. The highest BCUT2D eigenvalue weighted by atomic mass is 19.2. The van der Waals surface area contributed by atoms with E-state index in [1.54, 1.807) is 7.05 Å². The number of nitrogens with one attached hydrogen (secondary N) is 1. The quantitative estimate of drug-likeness (QED) is 0.924. The van der Waals surface area contributed by atoms with Crippen LogP contribution in [0.4, 0.5) is 14.6 Å². The molecule has 0 aliphatic rings. The van der Waals surface area contributed by atoms with Crippen molar-refractivity contribution < 1.29 is 8.78 Å². The first-order chi connectivity index (χ1) is 9.43. The number of aromatic nitrogens is 2. The standard InChI is InChI=1S/C15H17F2N3/c1-8(2)13-9(3)19-14(20-15(13)18-4)10-5-6-11(16)12(17)7-10/h5-8H,1-4H3,(H,18,19,20). The number of hydrogen-bond donors (Lipinski definition) is 1. The fraction of sp³-hybridized carbons (Fsp3) is 0.333. The third-order valence-electron chi connectivity index (χ3n) is 3.13. The molecular weight excluding hydrogens is 260 g/mol. The SMILES string of the molecule is CNc1nc(-c2ccc(F)c(F)c2)nc(C)c1C(C)C. The van der Waals surface area contributed by atoms with Crippen LogP contribution in [-0.4, -0.2) is 17.0 Å². The fourth-order valence-corrected chi connectivity index (χ4v) is 2.23. The molecule has 0 bridgehead atoms. The van der Waals surface area contributed by atoms with Crippen LogP contribution in [0.3, 0.4) is 0 Å². The van der Waals surface area contributed by atoms with Crippen molar-refractivity contribution in [1.29, 1.82) is 0 Å². The second-order valence-corrected chi connectivity index (χ2v) is 4.93. The number of rotatable bonds is 3. The van der Waals surface area contributed by atoms with Gasteiger partial charge >= 0.3 is 0 Å². The van der Waals surface area contributed by atoms with Gasteiger partial charge in [0.2, 0.25) is 0 Å². The van der Waals surface area contributed by atoms with Crippen molar-refractivity contribution in [3.05, 3.63) is 41.1 Å². The van der Waals surface area contributed by atoms with Crippen LogP contribution in [0.1, 0.15) is 31.0 Å². The predicted molar refractivity (Wildman–Crippen MR) is 75.8 cm³/mol. The smallest absolute Gasteiger partial charge is 0.161 e. The third kappa shape index (κ3) is 2.61. The van der Waals surface area contributed by atoms with E-state index < -0.39 is 11.6 Å². The summed E-state index contributed by atoms with van der Waals surface area (Å²) in [6, 6.07) is 3.67. The molecule has 0 saturated carbocycles. The van der Waals surface area contributed by atoms with Crippen LogP contribution in [-0.2, 0) is 0 Å². The van der Waals surface area contributed by atoms with Gasteiger partial charge in [-0.15, -0.1) is 0 Å². The predicted octanol–water partition coefficient (Wildman–Crippen LogP) is 3.90. The molecule has 0 atom stereocenters. The highest BCUT2D eigenvalue weighted by Crippen LogP contribution is 2.28. The summed E-state index contributed by atoms with van der Waals surface area (Å²) in [5.41, 5.74) is 2.32. The maximum atomic E-state index is 13.3. The van der Waals surface area contributed by atoms with E-state index >= 15 is 0 Å². The zero-order valence-corrected chi connectivity index (χ0v) is 12.0. The van der Waals surface area contributed by atoms with E-state index in [4.69, 9.17) is 0 Å². The highest BCUT2D eigenvalue weighted by molar-refractivity contribution is 5.60. The van der Waals surface area contributed by atoms with E-state index in [1.807, 2.05) is 6.92 Å². The van der Waals surface area contributed by atoms with E-state index in [1.165, 1.54) is 6.07 Å². The Kier molecular flexibility index (Phi) is 3.97. The van der Waals surface area contributed by atoms with Crippen molar-refractivity contribution in [3.63, 3.8) is 0 Å². The second-order valence-electron chi connectivity index (χ2n) is 4.93. The van der Waals surface area contributed by atoms with Crippen molar-refractivity contribution in [3.8, 4) is 11.4 Å². The van der Waals surface area contributed by atoms with Gasteiger partial charge in [-0.1, -0.05) is 13.8 Å². The minimum atomic E-state index is -0.900. The van der Waals surface area contributed by atoms with Crippen LogP contribution < -0.4 is 5.32 Å². The van der Waals surface area contributed by atoms with E-state index in [2.05, 4.69) is 29.1 Å². The van der Waals surface area contributed by atoms with Crippen molar-refractivity contribution in [1.82, 2.24) is 9.97 Å². The summed E-state index contributed by atoms with van der Waals surface area (Å²) in [6.07, 6.45) is 0. The number of benzene rings is 1. The normalized spacial score (nSPS) is 10.9. The van der Waals surface area contributed by atoms with Gasteiger partial charge in [0.15, 0.2) is 17.5 Å². The average Bonchev–Trinajstić information content (AvgIpc) is 2.40. The van der Waals surface area contributed by atoms with E-state index in [9.17, 15) is 8.78 Å². The summed E-state index contributed by atoms with van der Waals surface area (Å²) in [5, 5.41) is 3.03. The summed E-state index contributed by atoms with van der Waals surface area (Å²) in [6.45, 7) is 6.01. The summed E-state index contributed by atoms with van der Waals surface area (Å²) in [7, 11) is 1.78. The minimum Gasteiger partial charge on any atom is -0.373 e. The number of halogens is 2. The molecule has 1 aromatic heterocycles. The molecule has 1 N–H and O–H groups in total.